The van der Waals surface area contributed by atoms with E-state index in [-0.39, 0.29) is 5.56 Å². The molecule has 4 heteroatoms. The summed E-state index contributed by atoms with van der Waals surface area (Å²) in [4.78, 5) is 16.2. The van der Waals surface area contributed by atoms with Gasteiger partial charge in [0.2, 0.25) is 0 Å². The highest BCUT2D eigenvalue weighted by molar-refractivity contribution is 5.33. The van der Waals surface area contributed by atoms with Gasteiger partial charge in [0, 0.05) is 31.4 Å². The summed E-state index contributed by atoms with van der Waals surface area (Å²) in [7, 11) is 2.01. The van der Waals surface area contributed by atoms with Gasteiger partial charge in [-0.1, -0.05) is 56.7 Å². The molecule has 0 aliphatic heterocycles. The lowest BCUT2D eigenvalue weighted by Crippen LogP contribution is -2.45. The number of hydrogen-bond acceptors (Lipinski definition) is 2. The van der Waals surface area contributed by atoms with Gasteiger partial charge >= 0.3 is 0 Å². The molecule has 1 aromatic carbocycles. The maximum Gasteiger partial charge on any atom is 0.276 e. The average molecular weight is 382 g/mol. The van der Waals surface area contributed by atoms with Crippen LogP contribution >= 0.6 is 0 Å². The van der Waals surface area contributed by atoms with E-state index in [9.17, 15) is 4.79 Å². The van der Waals surface area contributed by atoms with Crippen molar-refractivity contribution in [3.8, 4) is 5.69 Å². The van der Waals surface area contributed by atoms with Crippen molar-refractivity contribution >= 4 is 0 Å². The highest BCUT2D eigenvalue weighted by Gasteiger charge is 2.31. The third kappa shape index (κ3) is 3.84. The minimum Gasteiger partial charge on any atom is -0.293 e. The summed E-state index contributed by atoms with van der Waals surface area (Å²) in [5.41, 5.74) is 3.20. The molecule has 0 bridgehead atoms. The molecular formula is C24H35N3O. The van der Waals surface area contributed by atoms with Crippen molar-refractivity contribution in [1.82, 2.24) is 14.3 Å². The quantitative estimate of drug-likeness (QED) is 0.733. The molecule has 0 N–H and O–H groups in total. The third-order valence-corrected chi connectivity index (χ3v) is 7.10. The number of benzene rings is 1. The Labute approximate surface area is 169 Å². The van der Waals surface area contributed by atoms with Crippen LogP contribution in [0.1, 0.15) is 75.5 Å². The Morgan fingerprint density at radius 2 is 1.43 bits per heavy atom. The van der Waals surface area contributed by atoms with Crippen LogP contribution in [-0.2, 0) is 13.6 Å². The fourth-order valence-electron chi connectivity index (χ4n) is 5.37. The molecule has 1 aromatic heterocycles. The molecule has 2 aromatic rings. The van der Waals surface area contributed by atoms with Crippen molar-refractivity contribution in [3.05, 3.63) is 51.9 Å². The highest BCUT2D eigenvalue weighted by Crippen LogP contribution is 2.31. The lowest BCUT2D eigenvalue weighted by Gasteiger charge is -2.41. The number of para-hydroxylation sites is 1. The minimum atomic E-state index is 0.155. The fourth-order valence-corrected chi connectivity index (χ4v) is 5.37. The van der Waals surface area contributed by atoms with Crippen LogP contribution in [0.15, 0.2) is 35.1 Å². The standard InChI is InChI=1S/C24H35N3O/c1-19-23(24(28)27(25(19)2)22-16-10-5-11-17-22)18-26(20-12-6-3-7-13-20)21-14-8-4-9-15-21/h5,10-11,16-17,20-21H,3-4,6-9,12-15,18H2,1-2H3. The predicted octanol–water partition coefficient (Wildman–Crippen LogP) is 4.95. The predicted molar refractivity (Wildman–Crippen MR) is 115 cm³/mol. The van der Waals surface area contributed by atoms with Crippen LogP contribution in [0, 0.1) is 6.92 Å². The average Bonchev–Trinajstić information content (AvgIpc) is 2.96. The molecule has 2 aliphatic rings. The zero-order valence-electron chi connectivity index (χ0n) is 17.6. The van der Waals surface area contributed by atoms with Gasteiger partial charge in [-0.05, 0) is 44.7 Å². The summed E-state index contributed by atoms with van der Waals surface area (Å²) in [6.45, 7) is 2.92. The molecule has 0 radical (unpaired) electrons. The van der Waals surface area contributed by atoms with Crippen LogP contribution in [0.5, 0.6) is 0 Å². The number of aromatic nitrogens is 2. The number of nitrogens with zero attached hydrogens (tertiary/aromatic N) is 3. The van der Waals surface area contributed by atoms with Gasteiger partial charge in [0.15, 0.2) is 0 Å². The molecule has 4 rings (SSSR count). The molecule has 0 amide bonds. The monoisotopic (exact) mass is 381 g/mol. The summed E-state index contributed by atoms with van der Waals surface area (Å²) in [6, 6.07) is 11.3. The highest BCUT2D eigenvalue weighted by atomic mass is 16.1. The summed E-state index contributed by atoms with van der Waals surface area (Å²) < 4.78 is 3.87. The summed E-state index contributed by atoms with van der Waals surface area (Å²) >= 11 is 0. The van der Waals surface area contributed by atoms with Gasteiger partial charge in [-0.25, -0.2) is 4.68 Å². The molecule has 152 valence electrons. The van der Waals surface area contributed by atoms with E-state index in [1.165, 1.54) is 64.2 Å². The van der Waals surface area contributed by atoms with Crippen molar-refractivity contribution in [2.75, 3.05) is 0 Å². The van der Waals surface area contributed by atoms with Crippen LogP contribution in [-0.4, -0.2) is 26.3 Å². The van der Waals surface area contributed by atoms with Crippen molar-refractivity contribution in [2.45, 2.75) is 89.8 Å². The second-order valence-corrected chi connectivity index (χ2v) is 8.80. The summed E-state index contributed by atoms with van der Waals surface area (Å²) in [5, 5.41) is 0. The zero-order chi connectivity index (χ0) is 19.5. The summed E-state index contributed by atoms with van der Waals surface area (Å²) in [5.74, 6) is 0. The van der Waals surface area contributed by atoms with Crippen molar-refractivity contribution in [3.63, 3.8) is 0 Å². The van der Waals surface area contributed by atoms with Gasteiger partial charge in [-0.15, -0.1) is 0 Å². The molecule has 4 nitrogen and oxygen atoms in total. The lowest BCUT2D eigenvalue weighted by atomic mass is 9.88. The first kappa shape index (κ1) is 19.5. The molecule has 28 heavy (non-hydrogen) atoms. The molecule has 0 unspecified atom stereocenters. The molecule has 1 heterocycles. The minimum absolute atomic E-state index is 0.155. The topological polar surface area (TPSA) is 30.2 Å². The van der Waals surface area contributed by atoms with Gasteiger partial charge in [0.05, 0.1) is 11.3 Å². The van der Waals surface area contributed by atoms with Crippen LogP contribution < -0.4 is 5.56 Å². The van der Waals surface area contributed by atoms with Gasteiger partial charge < -0.3 is 0 Å². The van der Waals surface area contributed by atoms with E-state index in [0.717, 1.165) is 23.5 Å². The second kappa shape index (κ2) is 8.69. The van der Waals surface area contributed by atoms with Crippen LogP contribution in [0.2, 0.25) is 0 Å². The largest absolute Gasteiger partial charge is 0.293 e. The van der Waals surface area contributed by atoms with Crippen molar-refractivity contribution in [2.24, 2.45) is 7.05 Å². The van der Waals surface area contributed by atoms with Gasteiger partial charge in [-0.2, -0.15) is 0 Å². The first-order valence-electron chi connectivity index (χ1n) is 11.3. The van der Waals surface area contributed by atoms with Crippen LogP contribution in [0.4, 0.5) is 0 Å². The van der Waals surface area contributed by atoms with E-state index >= 15 is 0 Å². The summed E-state index contributed by atoms with van der Waals surface area (Å²) in [6.07, 6.45) is 13.3. The Kier molecular flexibility index (Phi) is 6.05. The Morgan fingerprint density at radius 1 is 0.893 bits per heavy atom. The zero-order valence-corrected chi connectivity index (χ0v) is 17.6. The van der Waals surface area contributed by atoms with Crippen molar-refractivity contribution in [1.29, 1.82) is 0 Å². The number of rotatable bonds is 5. The molecule has 2 aliphatic carbocycles. The van der Waals surface area contributed by atoms with Crippen LogP contribution in [0.25, 0.3) is 5.69 Å². The van der Waals surface area contributed by atoms with E-state index in [1.807, 2.05) is 46.7 Å². The SMILES string of the molecule is Cc1c(CN(C2CCCCC2)C2CCCCC2)c(=O)n(-c2ccccc2)n1C. The van der Waals surface area contributed by atoms with Crippen LogP contribution in [0.3, 0.4) is 0 Å². The Bertz CT molecular complexity index is 806. The molecule has 0 atom stereocenters. The normalized spacial score (nSPS) is 19.4. The van der Waals surface area contributed by atoms with Gasteiger partial charge in [-0.3, -0.25) is 14.4 Å². The molecule has 0 spiro atoms. The third-order valence-electron chi connectivity index (χ3n) is 7.10. The number of hydrogen-bond donors (Lipinski definition) is 0. The molecule has 2 fully saturated rings. The van der Waals surface area contributed by atoms with E-state index in [1.54, 1.807) is 0 Å². The lowest BCUT2D eigenvalue weighted by molar-refractivity contribution is 0.0726. The Hall–Kier alpha value is -1.81. The first-order chi connectivity index (χ1) is 13.7. The smallest absolute Gasteiger partial charge is 0.276 e. The van der Waals surface area contributed by atoms with E-state index in [4.69, 9.17) is 0 Å². The Balaban J connectivity index is 1.67. The fraction of sp³-hybridized carbons (Fsp3) is 0.625. The molecule has 0 saturated heterocycles. The van der Waals surface area contributed by atoms with Gasteiger partial charge in [0.25, 0.3) is 5.56 Å². The first-order valence-corrected chi connectivity index (χ1v) is 11.3. The maximum absolute atomic E-state index is 13.4. The van der Waals surface area contributed by atoms with E-state index in [0.29, 0.717) is 12.1 Å². The van der Waals surface area contributed by atoms with Crippen molar-refractivity contribution < 1.29 is 0 Å². The van der Waals surface area contributed by atoms with Gasteiger partial charge in [0.1, 0.15) is 0 Å². The molecule has 2 saturated carbocycles. The molecular weight excluding hydrogens is 346 g/mol. The Morgan fingerprint density at radius 3 is 1.96 bits per heavy atom. The van der Waals surface area contributed by atoms with E-state index < -0.39 is 0 Å². The second-order valence-electron chi connectivity index (χ2n) is 8.80. The maximum atomic E-state index is 13.4. The van der Waals surface area contributed by atoms with E-state index in [2.05, 4.69) is 11.8 Å².